The summed E-state index contributed by atoms with van der Waals surface area (Å²) in [7, 11) is 0. The van der Waals surface area contributed by atoms with Gasteiger partial charge in [-0.25, -0.2) is 0 Å². The molecule has 1 heterocycles. The van der Waals surface area contributed by atoms with E-state index in [1.807, 2.05) is 0 Å². The van der Waals surface area contributed by atoms with Crippen LogP contribution in [-0.4, -0.2) is 34.1 Å². The Kier molecular flexibility index (Phi) is 7.51. The summed E-state index contributed by atoms with van der Waals surface area (Å²) in [5, 5.41) is 13.3. The van der Waals surface area contributed by atoms with E-state index in [0.29, 0.717) is 15.6 Å². The van der Waals surface area contributed by atoms with Crippen LogP contribution in [0.3, 0.4) is 0 Å². The summed E-state index contributed by atoms with van der Waals surface area (Å²) in [6, 6.07) is 11.6. The Hall–Kier alpha value is -2.64. The molecule has 3 aromatic rings. The van der Waals surface area contributed by atoms with Gasteiger partial charge in [0.2, 0.25) is 11.0 Å². The first-order valence-corrected chi connectivity index (χ1v) is 11.0. The van der Waals surface area contributed by atoms with Crippen LogP contribution in [0.5, 0.6) is 5.75 Å². The van der Waals surface area contributed by atoms with E-state index < -0.39 is 6.36 Å². The van der Waals surface area contributed by atoms with Gasteiger partial charge in [-0.1, -0.05) is 39.0 Å². The van der Waals surface area contributed by atoms with Gasteiger partial charge in [0.15, 0.2) is 4.34 Å². The third-order valence-corrected chi connectivity index (χ3v) is 5.93. The van der Waals surface area contributed by atoms with Crippen molar-refractivity contribution in [2.75, 3.05) is 16.4 Å². The van der Waals surface area contributed by atoms with Crippen molar-refractivity contribution < 1.29 is 27.5 Å². The molecule has 0 radical (unpaired) electrons. The molecule has 0 atom stereocenters. The van der Waals surface area contributed by atoms with Gasteiger partial charge in [-0.3, -0.25) is 14.9 Å². The minimum Gasteiger partial charge on any atom is -0.406 e. The molecular weight excluding hydrogens is 521 g/mol. The average Bonchev–Trinajstić information content (AvgIpc) is 3.14. The second kappa shape index (κ2) is 10.1. The van der Waals surface area contributed by atoms with E-state index in [2.05, 4.69) is 41.5 Å². The number of amides is 2. The van der Waals surface area contributed by atoms with Gasteiger partial charge in [0.05, 0.1) is 5.75 Å². The topological polar surface area (TPSA) is 93.2 Å². The maximum Gasteiger partial charge on any atom is 0.573 e. The highest BCUT2D eigenvalue weighted by Gasteiger charge is 2.30. The average molecular weight is 533 g/mol. The maximum atomic E-state index is 12.2. The molecule has 0 bridgehead atoms. The van der Waals surface area contributed by atoms with Gasteiger partial charge in [0.1, 0.15) is 5.75 Å². The van der Waals surface area contributed by atoms with Crippen molar-refractivity contribution in [2.24, 2.45) is 0 Å². The first-order chi connectivity index (χ1) is 14.7. The summed E-state index contributed by atoms with van der Waals surface area (Å²) in [6.45, 7) is 0. The van der Waals surface area contributed by atoms with Crippen molar-refractivity contribution >= 4 is 61.7 Å². The summed E-state index contributed by atoms with van der Waals surface area (Å²) < 4.78 is 41.6. The lowest BCUT2D eigenvalue weighted by molar-refractivity contribution is -0.274. The van der Waals surface area contributed by atoms with E-state index in [0.717, 1.165) is 39.7 Å². The van der Waals surface area contributed by atoms with E-state index in [9.17, 15) is 22.8 Å². The second-order valence-corrected chi connectivity index (χ2v) is 8.86. The Bertz CT molecular complexity index is 1060. The van der Waals surface area contributed by atoms with Gasteiger partial charge in [-0.05, 0) is 48.5 Å². The molecule has 2 aromatic carbocycles. The summed E-state index contributed by atoms with van der Waals surface area (Å²) in [5.74, 6) is -1.11. The van der Waals surface area contributed by atoms with Gasteiger partial charge in [-0.15, -0.1) is 23.4 Å². The molecule has 162 valence electrons. The number of halogens is 4. The van der Waals surface area contributed by atoms with E-state index in [1.165, 1.54) is 12.1 Å². The number of thioether (sulfide) groups is 1. The Morgan fingerprint density at radius 1 is 1.03 bits per heavy atom. The molecule has 3 rings (SSSR count). The molecule has 1 aromatic heterocycles. The Labute approximate surface area is 190 Å². The third kappa shape index (κ3) is 7.52. The molecule has 0 unspecified atom stereocenters. The van der Waals surface area contributed by atoms with Crippen molar-refractivity contribution in [1.82, 2.24) is 10.2 Å². The number of anilines is 2. The van der Waals surface area contributed by atoms with E-state index >= 15 is 0 Å². The summed E-state index contributed by atoms with van der Waals surface area (Å²) >= 11 is 5.51. The number of hydrogen-bond donors (Lipinski definition) is 2. The molecule has 0 fully saturated rings. The first kappa shape index (κ1) is 23.0. The summed E-state index contributed by atoms with van der Waals surface area (Å²) in [6.07, 6.45) is -4.78. The third-order valence-electron chi connectivity index (χ3n) is 3.43. The highest BCUT2D eigenvalue weighted by atomic mass is 79.9. The van der Waals surface area contributed by atoms with Crippen molar-refractivity contribution in [3.05, 3.63) is 58.6 Å². The zero-order chi connectivity index (χ0) is 22.4. The first-order valence-electron chi connectivity index (χ1n) is 8.37. The highest BCUT2D eigenvalue weighted by molar-refractivity contribution is 9.10. The molecule has 0 saturated heterocycles. The predicted molar refractivity (Wildman–Crippen MR) is 114 cm³/mol. The monoisotopic (exact) mass is 532 g/mol. The fourth-order valence-corrected chi connectivity index (χ4v) is 3.96. The van der Waals surface area contributed by atoms with Crippen LogP contribution in [0.1, 0.15) is 10.4 Å². The summed E-state index contributed by atoms with van der Waals surface area (Å²) in [4.78, 5) is 24.2. The number of hydrogen-bond acceptors (Lipinski definition) is 7. The summed E-state index contributed by atoms with van der Waals surface area (Å²) in [5.41, 5.74) is 0.776. The Morgan fingerprint density at radius 3 is 2.35 bits per heavy atom. The quantitative estimate of drug-likeness (QED) is 0.321. The van der Waals surface area contributed by atoms with Gasteiger partial charge in [0, 0.05) is 15.7 Å². The molecule has 2 N–H and O–H groups in total. The zero-order valence-corrected chi connectivity index (χ0v) is 18.5. The molecule has 13 heteroatoms. The Morgan fingerprint density at radius 2 is 1.71 bits per heavy atom. The zero-order valence-electron chi connectivity index (χ0n) is 15.3. The minimum atomic E-state index is -4.78. The number of nitrogens with zero attached hydrogens (tertiary/aromatic N) is 2. The largest absolute Gasteiger partial charge is 0.573 e. The maximum absolute atomic E-state index is 12.2. The van der Waals surface area contributed by atoms with Crippen LogP contribution in [0, 0.1) is 0 Å². The van der Waals surface area contributed by atoms with Crippen molar-refractivity contribution in [1.29, 1.82) is 0 Å². The van der Waals surface area contributed by atoms with E-state index in [4.69, 9.17) is 0 Å². The van der Waals surface area contributed by atoms with Crippen molar-refractivity contribution in [2.45, 2.75) is 10.7 Å². The number of carbonyl (C=O) groups is 2. The van der Waals surface area contributed by atoms with E-state index in [-0.39, 0.29) is 28.4 Å². The molecule has 0 aliphatic carbocycles. The van der Waals surface area contributed by atoms with Crippen LogP contribution >= 0.6 is 39.0 Å². The van der Waals surface area contributed by atoms with Crippen LogP contribution < -0.4 is 15.4 Å². The van der Waals surface area contributed by atoms with Crippen molar-refractivity contribution in [3.8, 4) is 5.75 Å². The minimum absolute atomic E-state index is 0.00387. The Balaban J connectivity index is 1.47. The number of alkyl halides is 3. The number of benzene rings is 2. The smallest absolute Gasteiger partial charge is 0.406 e. The number of ether oxygens (including phenoxy) is 1. The number of aromatic nitrogens is 2. The fourth-order valence-electron chi connectivity index (χ4n) is 2.15. The molecular formula is C18H12BrF3N4O3S2. The van der Waals surface area contributed by atoms with Crippen LogP contribution in [0.25, 0.3) is 0 Å². The number of rotatable bonds is 7. The van der Waals surface area contributed by atoms with Gasteiger partial charge >= 0.3 is 6.36 Å². The van der Waals surface area contributed by atoms with E-state index in [1.54, 1.807) is 24.3 Å². The SMILES string of the molecule is O=C(CSc1nnc(NC(=O)c2ccc(Br)cc2)s1)Nc1ccc(OC(F)(F)F)cc1. The molecule has 7 nitrogen and oxygen atoms in total. The van der Waals surface area contributed by atoms with Gasteiger partial charge in [0.25, 0.3) is 5.91 Å². The molecule has 2 amide bonds. The molecule has 31 heavy (non-hydrogen) atoms. The number of nitrogens with one attached hydrogen (secondary N) is 2. The lowest BCUT2D eigenvalue weighted by Crippen LogP contribution is -2.17. The van der Waals surface area contributed by atoms with Gasteiger partial charge in [-0.2, -0.15) is 0 Å². The number of carbonyl (C=O) groups excluding carboxylic acids is 2. The van der Waals surface area contributed by atoms with Crippen LogP contribution in [0.4, 0.5) is 24.0 Å². The normalized spacial score (nSPS) is 11.1. The lowest BCUT2D eigenvalue weighted by atomic mass is 10.2. The molecule has 0 aliphatic heterocycles. The van der Waals surface area contributed by atoms with Crippen molar-refractivity contribution in [3.63, 3.8) is 0 Å². The van der Waals surface area contributed by atoms with Crippen LogP contribution in [0.2, 0.25) is 0 Å². The van der Waals surface area contributed by atoms with Crippen LogP contribution in [0.15, 0.2) is 57.3 Å². The van der Waals surface area contributed by atoms with Gasteiger partial charge < -0.3 is 10.1 Å². The molecule has 0 aliphatic rings. The van der Waals surface area contributed by atoms with Crippen LogP contribution in [-0.2, 0) is 4.79 Å². The molecule has 0 spiro atoms. The molecule has 0 saturated carbocycles. The predicted octanol–water partition coefficient (Wildman–Crippen LogP) is 5.18. The highest BCUT2D eigenvalue weighted by Crippen LogP contribution is 2.27. The fraction of sp³-hybridized carbons (Fsp3) is 0.111. The second-order valence-electron chi connectivity index (χ2n) is 5.74. The lowest BCUT2D eigenvalue weighted by Gasteiger charge is -2.09. The standard InChI is InChI=1S/C18H12BrF3N4O3S2/c19-11-3-1-10(2-4-11)15(28)24-16-25-26-17(31-16)30-9-14(27)23-12-5-7-13(8-6-12)29-18(20,21)22/h1-8H,9H2,(H,23,27)(H,24,25,28).